The number of imidazole rings is 1. The number of ether oxygens (including phenoxy) is 1. The Morgan fingerprint density at radius 1 is 1.19 bits per heavy atom. The monoisotopic (exact) mass is 422 g/mol. The lowest BCUT2D eigenvalue weighted by molar-refractivity contribution is 0.195. The predicted octanol–water partition coefficient (Wildman–Crippen LogP) is 4.36. The summed E-state index contributed by atoms with van der Waals surface area (Å²) < 4.78 is 33.3. The highest BCUT2D eigenvalue weighted by molar-refractivity contribution is 5.85. The fourth-order valence-corrected chi connectivity index (χ4v) is 3.85. The van der Waals surface area contributed by atoms with Crippen molar-refractivity contribution in [3.63, 3.8) is 0 Å². The molecule has 0 saturated heterocycles. The molecule has 0 spiro atoms. The molecule has 1 aliphatic rings. The van der Waals surface area contributed by atoms with Crippen LogP contribution in [0.1, 0.15) is 12.5 Å². The first kappa shape index (κ1) is 19.4. The van der Waals surface area contributed by atoms with Crippen LogP contribution in [-0.4, -0.2) is 39.3 Å². The van der Waals surface area contributed by atoms with E-state index in [1.54, 1.807) is 0 Å². The number of para-hydroxylation sites is 1. The number of hydrogen-bond donors (Lipinski definition) is 2. The van der Waals surface area contributed by atoms with Gasteiger partial charge in [0.05, 0.1) is 34.9 Å². The Kier molecular flexibility index (Phi) is 4.78. The third-order valence-electron chi connectivity index (χ3n) is 5.49. The van der Waals surface area contributed by atoms with Gasteiger partial charge in [0.2, 0.25) is 0 Å². The van der Waals surface area contributed by atoms with E-state index in [0.717, 1.165) is 29.8 Å². The molecule has 2 aromatic heterocycles. The molecule has 0 fully saturated rings. The first-order valence-electron chi connectivity index (χ1n) is 10.0. The Labute approximate surface area is 177 Å². The normalized spacial score (nSPS) is 15.7. The molecule has 158 valence electrons. The highest BCUT2D eigenvalue weighted by atomic mass is 19.2. The number of aliphatic hydroxyl groups excluding tert-OH is 1. The summed E-state index contributed by atoms with van der Waals surface area (Å²) in [4.78, 5) is 14.0. The smallest absolute Gasteiger partial charge is 0.161 e. The fourth-order valence-electron chi connectivity index (χ4n) is 3.85. The van der Waals surface area contributed by atoms with Crippen LogP contribution in [0, 0.1) is 11.6 Å². The van der Waals surface area contributed by atoms with Gasteiger partial charge in [-0.1, -0.05) is 19.1 Å². The maximum Gasteiger partial charge on any atom is 0.161 e. The number of rotatable bonds is 4. The third kappa shape index (κ3) is 3.29. The van der Waals surface area contributed by atoms with Gasteiger partial charge in [0, 0.05) is 18.3 Å². The number of H-pyrrole nitrogens is 1. The van der Waals surface area contributed by atoms with Crippen molar-refractivity contribution in [1.82, 2.24) is 15.0 Å². The number of aryl methyl sites for hydroxylation is 1. The molecular weight excluding hydrogens is 402 g/mol. The van der Waals surface area contributed by atoms with Crippen LogP contribution in [-0.2, 0) is 6.42 Å². The quantitative estimate of drug-likeness (QED) is 0.511. The summed E-state index contributed by atoms with van der Waals surface area (Å²) in [5.74, 6) is -0.183. The van der Waals surface area contributed by atoms with Crippen molar-refractivity contribution in [2.75, 3.05) is 18.1 Å². The topological polar surface area (TPSA) is 74.3 Å². The molecule has 5 rings (SSSR count). The minimum atomic E-state index is -0.949. The minimum Gasteiger partial charge on any atom is -0.488 e. The van der Waals surface area contributed by atoms with Crippen molar-refractivity contribution >= 4 is 22.5 Å². The second kappa shape index (κ2) is 7.63. The molecule has 1 aliphatic heterocycles. The molecule has 0 aliphatic carbocycles. The van der Waals surface area contributed by atoms with E-state index in [2.05, 4.69) is 21.9 Å². The lowest BCUT2D eigenvalue weighted by Gasteiger charge is -2.37. The molecule has 0 amide bonds. The number of halogens is 2. The van der Waals surface area contributed by atoms with E-state index < -0.39 is 11.6 Å². The highest BCUT2D eigenvalue weighted by Gasteiger charge is 2.31. The van der Waals surface area contributed by atoms with E-state index >= 15 is 0 Å². The molecule has 4 aromatic rings. The first-order valence-corrected chi connectivity index (χ1v) is 10.0. The van der Waals surface area contributed by atoms with Gasteiger partial charge in [-0.3, -0.25) is 0 Å². The van der Waals surface area contributed by atoms with Crippen molar-refractivity contribution in [2.45, 2.75) is 19.4 Å². The summed E-state index contributed by atoms with van der Waals surface area (Å²) in [5, 5.41) is 9.94. The number of aromatic amines is 1. The Morgan fingerprint density at radius 3 is 2.77 bits per heavy atom. The van der Waals surface area contributed by atoms with E-state index in [1.807, 2.05) is 41.4 Å². The summed E-state index contributed by atoms with van der Waals surface area (Å²) in [7, 11) is 0. The van der Waals surface area contributed by atoms with Gasteiger partial charge in [-0.15, -0.1) is 0 Å². The summed E-state index contributed by atoms with van der Waals surface area (Å²) in [6.07, 6.45) is 2.71. The van der Waals surface area contributed by atoms with Crippen molar-refractivity contribution < 1.29 is 18.6 Å². The van der Waals surface area contributed by atoms with Crippen LogP contribution in [0.3, 0.4) is 0 Å². The summed E-state index contributed by atoms with van der Waals surface area (Å²) in [5.41, 5.74) is 3.22. The second-order valence-corrected chi connectivity index (χ2v) is 7.42. The SMILES string of the molecule is CCc1ccc(N2c3cccc(-c4nc5cc(F)c(F)cc5[nH]4)c3OCC2CO)nc1. The zero-order valence-corrected chi connectivity index (χ0v) is 16.8. The average molecular weight is 422 g/mol. The number of hydrogen-bond acceptors (Lipinski definition) is 5. The summed E-state index contributed by atoms with van der Waals surface area (Å²) in [6, 6.07) is 11.3. The molecule has 6 nitrogen and oxygen atoms in total. The van der Waals surface area contributed by atoms with Gasteiger partial charge in [0.1, 0.15) is 18.2 Å². The Balaban J connectivity index is 1.63. The predicted molar refractivity (Wildman–Crippen MR) is 114 cm³/mol. The zero-order chi connectivity index (χ0) is 21.5. The van der Waals surface area contributed by atoms with Crippen LogP contribution in [0.5, 0.6) is 5.75 Å². The number of benzene rings is 2. The standard InChI is InChI=1S/C23H20F2N4O2/c1-2-13-6-7-21(26-10-13)29-14(11-30)12-31-22-15(4-3-5-20(22)29)23-27-18-8-16(24)17(25)9-19(18)28-23/h3-10,14,30H,2,11-12H2,1H3,(H,27,28). The van der Waals surface area contributed by atoms with E-state index in [9.17, 15) is 13.9 Å². The van der Waals surface area contributed by atoms with Crippen LogP contribution in [0.15, 0.2) is 48.7 Å². The molecule has 0 radical (unpaired) electrons. The van der Waals surface area contributed by atoms with Crippen LogP contribution in [0.2, 0.25) is 0 Å². The van der Waals surface area contributed by atoms with Crippen LogP contribution < -0.4 is 9.64 Å². The number of anilines is 2. The van der Waals surface area contributed by atoms with E-state index in [4.69, 9.17) is 4.74 Å². The van der Waals surface area contributed by atoms with Crippen molar-refractivity contribution in [3.05, 3.63) is 65.9 Å². The van der Waals surface area contributed by atoms with Gasteiger partial charge < -0.3 is 19.7 Å². The van der Waals surface area contributed by atoms with Crippen molar-refractivity contribution in [3.8, 4) is 17.1 Å². The highest BCUT2D eigenvalue weighted by Crippen LogP contribution is 2.44. The van der Waals surface area contributed by atoms with Crippen molar-refractivity contribution in [2.24, 2.45) is 0 Å². The summed E-state index contributed by atoms with van der Waals surface area (Å²) in [6.45, 7) is 2.21. The number of pyridine rings is 1. The first-order chi connectivity index (χ1) is 15.1. The maximum absolute atomic E-state index is 13.6. The van der Waals surface area contributed by atoms with Crippen molar-refractivity contribution in [1.29, 1.82) is 0 Å². The van der Waals surface area contributed by atoms with Crippen LogP contribution >= 0.6 is 0 Å². The Hall–Kier alpha value is -3.52. The molecule has 3 heterocycles. The Morgan fingerprint density at radius 2 is 2.03 bits per heavy atom. The second-order valence-electron chi connectivity index (χ2n) is 7.42. The maximum atomic E-state index is 13.6. The number of aliphatic hydroxyl groups is 1. The lowest BCUT2D eigenvalue weighted by Crippen LogP contribution is -2.43. The van der Waals surface area contributed by atoms with E-state index in [0.29, 0.717) is 34.0 Å². The molecule has 0 bridgehead atoms. The molecule has 1 atom stereocenters. The average Bonchev–Trinajstić information content (AvgIpc) is 3.20. The molecule has 8 heteroatoms. The molecule has 0 saturated carbocycles. The number of fused-ring (bicyclic) bond motifs is 2. The number of nitrogens with one attached hydrogen (secondary N) is 1. The summed E-state index contributed by atoms with van der Waals surface area (Å²) >= 11 is 0. The van der Waals surface area contributed by atoms with Gasteiger partial charge in [-0.2, -0.15) is 0 Å². The molecular formula is C23H20F2N4O2. The van der Waals surface area contributed by atoms with Gasteiger partial charge in [-0.25, -0.2) is 18.7 Å². The molecule has 2 N–H and O–H groups in total. The molecule has 31 heavy (non-hydrogen) atoms. The third-order valence-corrected chi connectivity index (χ3v) is 5.49. The zero-order valence-electron chi connectivity index (χ0n) is 16.8. The molecule has 2 aromatic carbocycles. The van der Waals surface area contributed by atoms with Gasteiger partial charge in [0.25, 0.3) is 0 Å². The molecule has 1 unspecified atom stereocenters. The largest absolute Gasteiger partial charge is 0.488 e. The minimum absolute atomic E-state index is 0.107. The number of aromatic nitrogens is 3. The van der Waals surface area contributed by atoms with Crippen LogP contribution in [0.4, 0.5) is 20.3 Å². The van der Waals surface area contributed by atoms with Crippen LogP contribution in [0.25, 0.3) is 22.4 Å². The van der Waals surface area contributed by atoms with Gasteiger partial charge in [-0.05, 0) is 30.2 Å². The number of nitrogens with zero attached hydrogens (tertiary/aromatic N) is 3. The van der Waals surface area contributed by atoms with E-state index in [-0.39, 0.29) is 19.3 Å². The fraction of sp³-hybridized carbons (Fsp3) is 0.217. The van der Waals surface area contributed by atoms with Gasteiger partial charge >= 0.3 is 0 Å². The van der Waals surface area contributed by atoms with E-state index in [1.165, 1.54) is 0 Å². The lowest BCUT2D eigenvalue weighted by atomic mass is 10.1. The Bertz CT molecular complexity index is 1220. The van der Waals surface area contributed by atoms with Gasteiger partial charge in [0.15, 0.2) is 17.4 Å².